The minimum atomic E-state index is 0.641. The third-order valence-electron chi connectivity index (χ3n) is 4.22. The van der Waals surface area contributed by atoms with Crippen molar-refractivity contribution in [3.63, 3.8) is 0 Å². The molecule has 1 atom stereocenters. The Kier molecular flexibility index (Phi) is 3.94. The molecule has 0 spiro atoms. The molecule has 3 fully saturated rings. The first kappa shape index (κ1) is 12.9. The normalized spacial score (nSPS) is 30.7. The van der Waals surface area contributed by atoms with Crippen molar-refractivity contribution < 1.29 is 0 Å². The van der Waals surface area contributed by atoms with Crippen LogP contribution in [-0.2, 0) is 6.54 Å². The van der Waals surface area contributed by atoms with Crippen LogP contribution in [0.15, 0.2) is 22.7 Å². The predicted molar refractivity (Wildman–Crippen MR) is 78.9 cm³/mol. The Hall–Kier alpha value is -0.0900. The third-order valence-corrected chi connectivity index (χ3v) is 5.08. The summed E-state index contributed by atoms with van der Waals surface area (Å²) in [6, 6.07) is 6.69. The highest BCUT2D eigenvalue weighted by Crippen LogP contribution is 2.28. The summed E-state index contributed by atoms with van der Waals surface area (Å²) in [5, 5.41) is 4.54. The van der Waals surface area contributed by atoms with Gasteiger partial charge in [0, 0.05) is 28.6 Å². The number of hydrogen-bond acceptors (Lipinski definition) is 2. The zero-order valence-electron chi connectivity index (χ0n) is 10.3. The van der Waals surface area contributed by atoms with E-state index in [0.29, 0.717) is 6.04 Å². The monoisotopic (exact) mass is 328 g/mol. The molecule has 3 aliphatic rings. The summed E-state index contributed by atoms with van der Waals surface area (Å²) in [5.41, 5.74) is 1.18. The minimum Gasteiger partial charge on any atom is -0.308 e. The van der Waals surface area contributed by atoms with Crippen LogP contribution in [0.25, 0.3) is 0 Å². The van der Waals surface area contributed by atoms with Gasteiger partial charge >= 0.3 is 0 Å². The summed E-state index contributed by atoms with van der Waals surface area (Å²) < 4.78 is 1.10. The van der Waals surface area contributed by atoms with E-state index in [-0.39, 0.29) is 0 Å². The first-order valence-electron chi connectivity index (χ1n) is 6.62. The standard InChI is InChI=1S/C14H18BrClN2/c15-12-1-2-13(16)11(7-12)8-17-14-9-18-5-3-10(14)4-6-18/h1-2,7,10,14,17H,3-6,8-9H2. The van der Waals surface area contributed by atoms with Crippen LogP contribution in [0.4, 0.5) is 0 Å². The van der Waals surface area contributed by atoms with Crippen LogP contribution in [-0.4, -0.2) is 30.6 Å². The first-order valence-corrected chi connectivity index (χ1v) is 7.79. The molecule has 1 aromatic carbocycles. The lowest BCUT2D eigenvalue weighted by atomic mass is 9.84. The molecule has 1 N–H and O–H groups in total. The summed E-state index contributed by atoms with van der Waals surface area (Å²) in [4.78, 5) is 2.57. The zero-order valence-corrected chi connectivity index (χ0v) is 12.7. The molecular formula is C14H18BrClN2. The van der Waals surface area contributed by atoms with Crippen molar-refractivity contribution in [1.82, 2.24) is 10.2 Å². The van der Waals surface area contributed by atoms with E-state index in [4.69, 9.17) is 11.6 Å². The highest BCUT2D eigenvalue weighted by atomic mass is 79.9. The van der Waals surface area contributed by atoms with E-state index in [0.717, 1.165) is 22.0 Å². The quantitative estimate of drug-likeness (QED) is 0.915. The average Bonchev–Trinajstić information content (AvgIpc) is 2.41. The highest BCUT2D eigenvalue weighted by Gasteiger charge is 2.33. The molecule has 0 radical (unpaired) electrons. The van der Waals surface area contributed by atoms with Gasteiger partial charge in [0.1, 0.15) is 0 Å². The fourth-order valence-corrected chi connectivity index (χ4v) is 3.71. The van der Waals surface area contributed by atoms with Gasteiger partial charge < -0.3 is 10.2 Å². The van der Waals surface area contributed by atoms with E-state index in [1.807, 2.05) is 12.1 Å². The zero-order chi connectivity index (χ0) is 12.5. The number of rotatable bonds is 3. The Balaban J connectivity index is 1.62. The first-order chi connectivity index (χ1) is 8.72. The maximum absolute atomic E-state index is 6.22. The van der Waals surface area contributed by atoms with Crippen molar-refractivity contribution in [1.29, 1.82) is 0 Å². The number of piperidine rings is 3. The van der Waals surface area contributed by atoms with Gasteiger partial charge in [-0.3, -0.25) is 0 Å². The maximum Gasteiger partial charge on any atom is 0.0451 e. The highest BCUT2D eigenvalue weighted by molar-refractivity contribution is 9.10. The lowest BCUT2D eigenvalue weighted by molar-refractivity contribution is 0.0720. The Morgan fingerprint density at radius 2 is 2.11 bits per heavy atom. The van der Waals surface area contributed by atoms with Gasteiger partial charge in [-0.25, -0.2) is 0 Å². The molecule has 0 amide bonds. The summed E-state index contributed by atoms with van der Waals surface area (Å²) in [7, 11) is 0. The molecule has 4 heteroatoms. The molecular weight excluding hydrogens is 312 g/mol. The maximum atomic E-state index is 6.22. The molecule has 3 saturated heterocycles. The second kappa shape index (κ2) is 5.49. The Bertz CT molecular complexity index is 430. The van der Waals surface area contributed by atoms with Gasteiger partial charge in [0.2, 0.25) is 0 Å². The van der Waals surface area contributed by atoms with Crippen molar-refractivity contribution in [2.24, 2.45) is 5.92 Å². The van der Waals surface area contributed by atoms with Gasteiger partial charge in [-0.2, -0.15) is 0 Å². The van der Waals surface area contributed by atoms with E-state index < -0.39 is 0 Å². The smallest absolute Gasteiger partial charge is 0.0451 e. The second-order valence-corrected chi connectivity index (χ2v) is 6.68. The number of halogens is 2. The number of hydrogen-bond donors (Lipinski definition) is 1. The van der Waals surface area contributed by atoms with Crippen molar-refractivity contribution in [2.45, 2.75) is 25.4 Å². The van der Waals surface area contributed by atoms with E-state index in [1.165, 1.54) is 38.0 Å². The number of nitrogens with zero attached hydrogens (tertiary/aromatic N) is 1. The Morgan fingerprint density at radius 3 is 2.78 bits per heavy atom. The lowest BCUT2D eigenvalue weighted by Gasteiger charge is -2.45. The van der Waals surface area contributed by atoms with E-state index >= 15 is 0 Å². The summed E-state index contributed by atoms with van der Waals surface area (Å²) in [6.45, 7) is 4.66. The molecule has 1 unspecified atom stereocenters. The predicted octanol–water partition coefficient (Wildman–Crippen LogP) is 3.29. The molecule has 3 heterocycles. The second-order valence-electron chi connectivity index (χ2n) is 5.36. The Morgan fingerprint density at radius 1 is 1.33 bits per heavy atom. The molecule has 4 rings (SSSR count). The van der Waals surface area contributed by atoms with Gasteiger partial charge in [0.05, 0.1) is 0 Å². The fourth-order valence-electron chi connectivity index (χ4n) is 3.12. The fraction of sp³-hybridized carbons (Fsp3) is 0.571. The van der Waals surface area contributed by atoms with Gasteiger partial charge in [0.25, 0.3) is 0 Å². The third kappa shape index (κ3) is 2.74. The van der Waals surface area contributed by atoms with Gasteiger partial charge in [0.15, 0.2) is 0 Å². The van der Waals surface area contributed by atoms with Crippen LogP contribution < -0.4 is 5.32 Å². The van der Waals surface area contributed by atoms with E-state index in [2.05, 4.69) is 32.2 Å². The summed E-state index contributed by atoms with van der Waals surface area (Å²) >= 11 is 9.72. The van der Waals surface area contributed by atoms with Gasteiger partial charge in [-0.15, -0.1) is 0 Å². The summed E-state index contributed by atoms with van der Waals surface area (Å²) in [6.07, 6.45) is 2.70. The number of benzene rings is 1. The van der Waals surface area contributed by atoms with Crippen LogP contribution >= 0.6 is 27.5 Å². The Labute approximate surface area is 122 Å². The van der Waals surface area contributed by atoms with Gasteiger partial charge in [-0.05, 0) is 55.6 Å². The van der Waals surface area contributed by atoms with Crippen LogP contribution in [0.3, 0.4) is 0 Å². The molecule has 2 bridgehead atoms. The van der Waals surface area contributed by atoms with E-state index in [9.17, 15) is 0 Å². The van der Waals surface area contributed by atoms with Crippen LogP contribution in [0.2, 0.25) is 5.02 Å². The minimum absolute atomic E-state index is 0.641. The topological polar surface area (TPSA) is 15.3 Å². The molecule has 98 valence electrons. The number of fused-ring (bicyclic) bond motifs is 3. The SMILES string of the molecule is Clc1ccc(Br)cc1CNC1CN2CCC1CC2. The molecule has 0 aliphatic carbocycles. The van der Waals surface area contributed by atoms with Crippen molar-refractivity contribution in [2.75, 3.05) is 19.6 Å². The van der Waals surface area contributed by atoms with Crippen LogP contribution in [0, 0.1) is 5.92 Å². The molecule has 0 saturated carbocycles. The average molecular weight is 330 g/mol. The van der Waals surface area contributed by atoms with E-state index in [1.54, 1.807) is 0 Å². The molecule has 0 aromatic heterocycles. The molecule has 18 heavy (non-hydrogen) atoms. The van der Waals surface area contributed by atoms with Crippen molar-refractivity contribution in [3.8, 4) is 0 Å². The lowest BCUT2D eigenvalue weighted by Crippen LogP contribution is -2.55. The largest absolute Gasteiger partial charge is 0.308 e. The molecule has 3 aliphatic heterocycles. The molecule has 2 nitrogen and oxygen atoms in total. The van der Waals surface area contributed by atoms with Crippen molar-refractivity contribution in [3.05, 3.63) is 33.3 Å². The summed E-state index contributed by atoms with van der Waals surface area (Å²) in [5.74, 6) is 0.862. The number of nitrogens with one attached hydrogen (secondary N) is 1. The van der Waals surface area contributed by atoms with Crippen LogP contribution in [0.5, 0.6) is 0 Å². The molecule has 1 aromatic rings. The van der Waals surface area contributed by atoms with Crippen molar-refractivity contribution >= 4 is 27.5 Å². The van der Waals surface area contributed by atoms with Crippen LogP contribution in [0.1, 0.15) is 18.4 Å². The van der Waals surface area contributed by atoms with Gasteiger partial charge in [-0.1, -0.05) is 27.5 Å².